The molecule has 2 rings (SSSR count). The Balaban J connectivity index is 2.19. The highest BCUT2D eigenvalue weighted by Crippen LogP contribution is 2.31. The first-order valence-corrected chi connectivity index (χ1v) is 7.60. The molecule has 0 amide bonds. The summed E-state index contributed by atoms with van der Waals surface area (Å²) < 4.78 is 16.2. The summed E-state index contributed by atoms with van der Waals surface area (Å²) in [5.41, 5.74) is 1.69. The summed E-state index contributed by atoms with van der Waals surface area (Å²) in [4.78, 5) is 11.3. The quantitative estimate of drug-likeness (QED) is 0.540. The van der Waals surface area contributed by atoms with Crippen molar-refractivity contribution < 1.29 is 19.0 Å². The largest absolute Gasteiger partial charge is 0.513 e. The Labute approximate surface area is 142 Å². The SMILES string of the molecule is COC(=O)Oc1cccc(Cl)c1COc1ccc(C)cc1Br. The molecule has 2 aromatic rings. The van der Waals surface area contributed by atoms with Gasteiger partial charge in [0.1, 0.15) is 18.1 Å². The third-order valence-corrected chi connectivity index (χ3v) is 3.87. The summed E-state index contributed by atoms with van der Waals surface area (Å²) in [6, 6.07) is 10.8. The number of hydrogen-bond acceptors (Lipinski definition) is 4. The average molecular weight is 386 g/mol. The van der Waals surface area contributed by atoms with E-state index < -0.39 is 6.16 Å². The van der Waals surface area contributed by atoms with Crippen LogP contribution in [0.3, 0.4) is 0 Å². The van der Waals surface area contributed by atoms with Gasteiger partial charge in [0.05, 0.1) is 22.2 Å². The van der Waals surface area contributed by atoms with Crippen LogP contribution in [0.5, 0.6) is 11.5 Å². The molecule has 6 heteroatoms. The molecule has 0 aliphatic rings. The molecule has 116 valence electrons. The minimum atomic E-state index is -0.806. The summed E-state index contributed by atoms with van der Waals surface area (Å²) in [6.07, 6.45) is -0.806. The summed E-state index contributed by atoms with van der Waals surface area (Å²) in [6.45, 7) is 2.15. The molecule has 0 N–H and O–H groups in total. The topological polar surface area (TPSA) is 44.8 Å². The lowest BCUT2D eigenvalue weighted by molar-refractivity contribution is 0.120. The number of ether oxygens (including phenoxy) is 3. The van der Waals surface area contributed by atoms with Gasteiger partial charge in [-0.1, -0.05) is 23.7 Å². The summed E-state index contributed by atoms with van der Waals surface area (Å²) in [7, 11) is 1.24. The van der Waals surface area contributed by atoms with E-state index >= 15 is 0 Å². The highest BCUT2D eigenvalue weighted by molar-refractivity contribution is 9.10. The van der Waals surface area contributed by atoms with Crippen molar-refractivity contribution in [2.24, 2.45) is 0 Å². The van der Waals surface area contributed by atoms with Gasteiger partial charge < -0.3 is 14.2 Å². The second-order valence-corrected chi connectivity index (χ2v) is 5.76. The number of methoxy groups -OCH3 is 1. The van der Waals surface area contributed by atoms with Crippen LogP contribution in [0.25, 0.3) is 0 Å². The van der Waals surface area contributed by atoms with E-state index in [-0.39, 0.29) is 6.61 Å². The van der Waals surface area contributed by atoms with E-state index in [1.807, 2.05) is 25.1 Å². The predicted octanol–water partition coefficient (Wildman–Crippen LogP) is 5.14. The van der Waals surface area contributed by atoms with Gasteiger partial charge in [-0.3, -0.25) is 0 Å². The Morgan fingerprint density at radius 1 is 1.23 bits per heavy atom. The third-order valence-electron chi connectivity index (χ3n) is 2.90. The molecule has 4 nitrogen and oxygen atoms in total. The van der Waals surface area contributed by atoms with Crippen molar-refractivity contribution in [2.45, 2.75) is 13.5 Å². The van der Waals surface area contributed by atoms with Crippen LogP contribution in [-0.2, 0) is 11.3 Å². The molecule has 0 fully saturated rings. The average Bonchev–Trinajstić information content (AvgIpc) is 2.48. The van der Waals surface area contributed by atoms with Gasteiger partial charge in [0, 0.05) is 0 Å². The maximum Gasteiger partial charge on any atom is 0.513 e. The van der Waals surface area contributed by atoms with Crippen molar-refractivity contribution >= 4 is 33.7 Å². The smallest absolute Gasteiger partial charge is 0.488 e. The Morgan fingerprint density at radius 2 is 2.00 bits per heavy atom. The first-order chi connectivity index (χ1) is 10.5. The zero-order chi connectivity index (χ0) is 16.1. The van der Waals surface area contributed by atoms with E-state index in [1.165, 1.54) is 7.11 Å². The van der Waals surface area contributed by atoms with E-state index in [0.717, 1.165) is 10.0 Å². The van der Waals surface area contributed by atoms with Gasteiger partial charge in [0.25, 0.3) is 0 Å². The molecule has 0 saturated carbocycles. The molecule has 0 aromatic heterocycles. The molecule has 0 radical (unpaired) electrons. The number of carbonyl (C=O) groups is 1. The Bertz CT molecular complexity index is 688. The molecule has 0 unspecified atom stereocenters. The van der Waals surface area contributed by atoms with Crippen molar-refractivity contribution in [1.29, 1.82) is 0 Å². The Morgan fingerprint density at radius 3 is 2.68 bits per heavy atom. The van der Waals surface area contributed by atoms with Crippen molar-refractivity contribution in [3.05, 3.63) is 57.0 Å². The monoisotopic (exact) mass is 384 g/mol. The zero-order valence-electron chi connectivity index (χ0n) is 12.1. The number of aryl methyl sites for hydroxylation is 1. The van der Waals surface area contributed by atoms with Crippen molar-refractivity contribution in [1.82, 2.24) is 0 Å². The van der Waals surface area contributed by atoms with Crippen LogP contribution in [0.1, 0.15) is 11.1 Å². The summed E-state index contributed by atoms with van der Waals surface area (Å²) in [5.74, 6) is 0.983. The van der Waals surface area contributed by atoms with E-state index in [1.54, 1.807) is 18.2 Å². The van der Waals surface area contributed by atoms with E-state index in [4.69, 9.17) is 21.1 Å². The second kappa shape index (κ2) is 7.51. The fourth-order valence-corrected chi connectivity index (χ4v) is 2.61. The van der Waals surface area contributed by atoms with Gasteiger partial charge in [0.2, 0.25) is 0 Å². The molecule has 0 spiro atoms. The molecule has 22 heavy (non-hydrogen) atoms. The van der Waals surface area contributed by atoms with Gasteiger partial charge in [-0.05, 0) is 52.7 Å². The van der Waals surface area contributed by atoms with Crippen LogP contribution in [-0.4, -0.2) is 13.3 Å². The predicted molar refractivity (Wildman–Crippen MR) is 87.7 cm³/mol. The normalized spacial score (nSPS) is 10.2. The highest BCUT2D eigenvalue weighted by Gasteiger charge is 2.14. The lowest BCUT2D eigenvalue weighted by atomic mass is 10.2. The van der Waals surface area contributed by atoms with Crippen LogP contribution in [0, 0.1) is 6.92 Å². The van der Waals surface area contributed by atoms with E-state index in [0.29, 0.717) is 22.1 Å². The van der Waals surface area contributed by atoms with Gasteiger partial charge in [0.15, 0.2) is 0 Å². The third kappa shape index (κ3) is 4.15. The van der Waals surface area contributed by atoms with Crippen LogP contribution < -0.4 is 9.47 Å². The van der Waals surface area contributed by atoms with Crippen molar-refractivity contribution in [3.63, 3.8) is 0 Å². The molecular weight excluding hydrogens is 372 g/mol. The van der Waals surface area contributed by atoms with Crippen LogP contribution in [0.2, 0.25) is 5.02 Å². The van der Waals surface area contributed by atoms with Crippen molar-refractivity contribution in [2.75, 3.05) is 7.11 Å². The number of halogens is 2. The summed E-state index contributed by atoms with van der Waals surface area (Å²) >= 11 is 9.61. The highest BCUT2D eigenvalue weighted by atomic mass is 79.9. The van der Waals surface area contributed by atoms with Gasteiger partial charge in [-0.25, -0.2) is 4.79 Å². The Kier molecular flexibility index (Phi) is 5.69. The van der Waals surface area contributed by atoms with Gasteiger partial charge >= 0.3 is 6.16 Å². The van der Waals surface area contributed by atoms with Gasteiger partial charge in [-0.15, -0.1) is 0 Å². The molecule has 0 atom stereocenters. The number of benzene rings is 2. The molecule has 2 aromatic carbocycles. The molecular formula is C16H14BrClO4. The number of hydrogen-bond donors (Lipinski definition) is 0. The minimum absolute atomic E-state index is 0.160. The fraction of sp³-hybridized carbons (Fsp3) is 0.188. The van der Waals surface area contributed by atoms with Crippen molar-refractivity contribution in [3.8, 4) is 11.5 Å². The lowest BCUT2D eigenvalue weighted by Crippen LogP contribution is -2.10. The minimum Gasteiger partial charge on any atom is -0.488 e. The number of rotatable bonds is 4. The second-order valence-electron chi connectivity index (χ2n) is 4.50. The van der Waals surface area contributed by atoms with Crippen LogP contribution >= 0.6 is 27.5 Å². The standard InChI is InChI=1S/C16H14BrClO4/c1-10-6-7-15(12(17)8-10)21-9-11-13(18)4-3-5-14(11)22-16(19)20-2/h3-8H,9H2,1-2H3. The van der Waals surface area contributed by atoms with E-state index in [2.05, 4.69) is 20.7 Å². The molecule has 0 heterocycles. The molecule has 0 aliphatic carbocycles. The maximum absolute atomic E-state index is 11.3. The Hall–Kier alpha value is -1.72. The van der Waals surface area contributed by atoms with E-state index in [9.17, 15) is 4.79 Å². The first kappa shape index (κ1) is 16.6. The van der Waals surface area contributed by atoms with Crippen LogP contribution in [0.15, 0.2) is 40.9 Å². The maximum atomic E-state index is 11.3. The molecule has 0 saturated heterocycles. The molecule has 0 bridgehead atoms. The van der Waals surface area contributed by atoms with Gasteiger partial charge in [-0.2, -0.15) is 0 Å². The first-order valence-electron chi connectivity index (χ1n) is 6.43. The number of carbonyl (C=O) groups excluding carboxylic acids is 1. The zero-order valence-corrected chi connectivity index (χ0v) is 14.4. The lowest BCUT2D eigenvalue weighted by Gasteiger charge is -2.13. The van der Waals surface area contributed by atoms with Crippen LogP contribution in [0.4, 0.5) is 4.79 Å². The fourth-order valence-electron chi connectivity index (χ4n) is 1.78. The summed E-state index contributed by atoms with van der Waals surface area (Å²) in [5, 5.41) is 0.449. The molecule has 0 aliphatic heterocycles.